The third kappa shape index (κ3) is 2.99. The van der Waals surface area contributed by atoms with Crippen molar-refractivity contribution in [2.24, 2.45) is 0 Å². The van der Waals surface area contributed by atoms with Gasteiger partial charge in [0.2, 0.25) is 0 Å². The van der Waals surface area contributed by atoms with E-state index < -0.39 is 0 Å². The smallest absolute Gasteiger partial charge is 0.0859 e. The molecule has 0 amide bonds. The van der Waals surface area contributed by atoms with Crippen LogP contribution in [0.25, 0.3) is 0 Å². The summed E-state index contributed by atoms with van der Waals surface area (Å²) >= 11 is 5.39. The number of pyridine rings is 1. The summed E-state index contributed by atoms with van der Waals surface area (Å²) in [5.41, 5.74) is 2.39. The minimum absolute atomic E-state index is 0.181. The van der Waals surface area contributed by atoms with Crippen molar-refractivity contribution in [2.45, 2.75) is 26.3 Å². The van der Waals surface area contributed by atoms with Gasteiger partial charge in [0, 0.05) is 15.5 Å². The number of halogens is 1. The van der Waals surface area contributed by atoms with Crippen molar-refractivity contribution in [3.63, 3.8) is 0 Å². The molecular formula is C14H17BrN2S. The molecule has 1 N–H and O–H groups in total. The number of thiophene rings is 1. The molecule has 0 aliphatic heterocycles. The number of aromatic nitrogens is 1. The van der Waals surface area contributed by atoms with Crippen molar-refractivity contribution in [3.05, 3.63) is 50.4 Å². The molecule has 0 saturated carbocycles. The maximum Gasteiger partial charge on any atom is 0.0859 e. The van der Waals surface area contributed by atoms with E-state index in [1.165, 1.54) is 10.4 Å². The van der Waals surface area contributed by atoms with Gasteiger partial charge in [0.1, 0.15) is 0 Å². The summed E-state index contributed by atoms with van der Waals surface area (Å²) in [6.07, 6.45) is 2.97. The van der Waals surface area contributed by atoms with Gasteiger partial charge in [-0.2, -0.15) is 0 Å². The van der Waals surface area contributed by atoms with Crippen LogP contribution in [0.15, 0.2) is 34.2 Å². The first-order valence-corrected chi connectivity index (χ1v) is 7.79. The van der Waals surface area contributed by atoms with Crippen LogP contribution in [0.4, 0.5) is 0 Å². The van der Waals surface area contributed by atoms with Gasteiger partial charge < -0.3 is 5.32 Å². The summed E-state index contributed by atoms with van der Waals surface area (Å²) in [5.74, 6) is 0. The van der Waals surface area contributed by atoms with Crippen LogP contribution < -0.4 is 5.32 Å². The Hall–Kier alpha value is -0.710. The first kappa shape index (κ1) is 13.7. The monoisotopic (exact) mass is 324 g/mol. The van der Waals surface area contributed by atoms with Gasteiger partial charge in [-0.25, -0.2) is 0 Å². The van der Waals surface area contributed by atoms with Gasteiger partial charge in [-0.1, -0.05) is 6.92 Å². The molecule has 0 aromatic carbocycles. The second kappa shape index (κ2) is 6.45. The SMILES string of the molecule is CCCNC(c1ncccc1Br)c1sccc1C. The van der Waals surface area contributed by atoms with E-state index in [1.54, 1.807) is 11.3 Å². The molecule has 2 aromatic rings. The highest BCUT2D eigenvalue weighted by Crippen LogP contribution is 2.31. The Kier molecular flexibility index (Phi) is 4.92. The Morgan fingerprint density at radius 1 is 1.44 bits per heavy atom. The quantitative estimate of drug-likeness (QED) is 0.886. The lowest BCUT2D eigenvalue weighted by Gasteiger charge is -2.19. The second-order valence-corrected chi connectivity index (χ2v) is 6.03. The first-order chi connectivity index (χ1) is 8.74. The molecule has 0 bridgehead atoms. The largest absolute Gasteiger partial charge is 0.304 e. The number of hydrogen-bond acceptors (Lipinski definition) is 3. The van der Waals surface area contributed by atoms with Gasteiger partial charge in [-0.3, -0.25) is 4.98 Å². The highest BCUT2D eigenvalue weighted by atomic mass is 79.9. The lowest BCUT2D eigenvalue weighted by molar-refractivity contribution is 0.590. The van der Waals surface area contributed by atoms with E-state index in [1.807, 2.05) is 18.3 Å². The molecule has 0 aliphatic rings. The van der Waals surface area contributed by atoms with E-state index in [0.717, 1.165) is 23.1 Å². The molecule has 2 aromatic heterocycles. The van der Waals surface area contributed by atoms with E-state index >= 15 is 0 Å². The Balaban J connectivity index is 2.37. The average molecular weight is 325 g/mol. The molecule has 18 heavy (non-hydrogen) atoms. The molecule has 1 unspecified atom stereocenters. The molecule has 0 saturated heterocycles. The Morgan fingerprint density at radius 3 is 2.89 bits per heavy atom. The normalized spacial score (nSPS) is 12.6. The maximum atomic E-state index is 4.53. The molecule has 0 radical (unpaired) electrons. The lowest BCUT2D eigenvalue weighted by atomic mass is 10.1. The molecular weight excluding hydrogens is 308 g/mol. The molecule has 0 spiro atoms. The Labute approximate surface area is 121 Å². The van der Waals surface area contributed by atoms with Crippen LogP contribution in [-0.4, -0.2) is 11.5 Å². The predicted octanol–water partition coefficient (Wildman–Crippen LogP) is 4.30. The van der Waals surface area contributed by atoms with Gasteiger partial charge >= 0.3 is 0 Å². The summed E-state index contributed by atoms with van der Waals surface area (Å²) in [5, 5.41) is 5.73. The zero-order chi connectivity index (χ0) is 13.0. The van der Waals surface area contributed by atoms with Crippen molar-refractivity contribution >= 4 is 27.3 Å². The van der Waals surface area contributed by atoms with Crippen LogP contribution in [0.5, 0.6) is 0 Å². The fraction of sp³-hybridized carbons (Fsp3) is 0.357. The highest BCUT2D eigenvalue weighted by Gasteiger charge is 2.20. The van der Waals surface area contributed by atoms with Crippen LogP contribution in [0.2, 0.25) is 0 Å². The van der Waals surface area contributed by atoms with Crippen LogP contribution in [0.3, 0.4) is 0 Å². The first-order valence-electron chi connectivity index (χ1n) is 6.11. The summed E-state index contributed by atoms with van der Waals surface area (Å²) in [4.78, 5) is 5.88. The standard InChI is InChI=1S/C14H17BrN2S/c1-3-7-16-13(14-10(2)6-9-18-14)12-11(15)5-4-8-17-12/h4-6,8-9,13,16H,3,7H2,1-2H3. The number of rotatable bonds is 5. The number of nitrogens with zero attached hydrogens (tertiary/aromatic N) is 1. The van der Waals surface area contributed by atoms with Gasteiger partial charge in [0.05, 0.1) is 11.7 Å². The van der Waals surface area contributed by atoms with E-state index in [2.05, 4.69) is 51.5 Å². The predicted molar refractivity (Wildman–Crippen MR) is 81.1 cm³/mol. The topological polar surface area (TPSA) is 24.9 Å². The van der Waals surface area contributed by atoms with Crippen LogP contribution in [0, 0.1) is 6.92 Å². The van der Waals surface area contributed by atoms with Gasteiger partial charge in [-0.05, 0) is 65.0 Å². The molecule has 2 nitrogen and oxygen atoms in total. The minimum atomic E-state index is 0.181. The molecule has 2 heterocycles. The zero-order valence-corrected chi connectivity index (χ0v) is 13.0. The fourth-order valence-electron chi connectivity index (χ4n) is 1.89. The summed E-state index contributed by atoms with van der Waals surface area (Å²) in [6.45, 7) is 5.33. The van der Waals surface area contributed by atoms with Crippen LogP contribution in [-0.2, 0) is 0 Å². The molecule has 1 atom stereocenters. The van der Waals surface area contributed by atoms with Crippen LogP contribution >= 0.6 is 27.3 Å². The Bertz CT molecular complexity index is 510. The number of hydrogen-bond donors (Lipinski definition) is 1. The maximum absolute atomic E-state index is 4.53. The minimum Gasteiger partial charge on any atom is -0.304 e. The van der Waals surface area contributed by atoms with Crippen molar-refractivity contribution in [3.8, 4) is 0 Å². The van der Waals surface area contributed by atoms with Crippen molar-refractivity contribution in [1.82, 2.24) is 10.3 Å². The second-order valence-electron chi connectivity index (χ2n) is 4.23. The van der Waals surface area contributed by atoms with Crippen molar-refractivity contribution in [2.75, 3.05) is 6.54 Å². The van der Waals surface area contributed by atoms with Crippen molar-refractivity contribution < 1.29 is 0 Å². The van der Waals surface area contributed by atoms with E-state index in [9.17, 15) is 0 Å². The van der Waals surface area contributed by atoms with Crippen molar-refractivity contribution in [1.29, 1.82) is 0 Å². The average Bonchev–Trinajstić information content (AvgIpc) is 2.78. The van der Waals surface area contributed by atoms with E-state index in [-0.39, 0.29) is 6.04 Å². The third-order valence-corrected chi connectivity index (χ3v) is 4.58. The highest BCUT2D eigenvalue weighted by molar-refractivity contribution is 9.10. The molecule has 96 valence electrons. The number of nitrogens with one attached hydrogen (secondary N) is 1. The number of aryl methyl sites for hydroxylation is 1. The van der Waals surface area contributed by atoms with Gasteiger partial charge in [-0.15, -0.1) is 11.3 Å². The van der Waals surface area contributed by atoms with Gasteiger partial charge in [0.25, 0.3) is 0 Å². The zero-order valence-electron chi connectivity index (χ0n) is 10.6. The summed E-state index contributed by atoms with van der Waals surface area (Å²) in [7, 11) is 0. The molecule has 2 rings (SSSR count). The third-order valence-electron chi connectivity index (χ3n) is 2.82. The van der Waals surface area contributed by atoms with E-state index in [0.29, 0.717) is 0 Å². The molecule has 4 heteroatoms. The summed E-state index contributed by atoms with van der Waals surface area (Å²) in [6, 6.07) is 6.34. The molecule has 0 fully saturated rings. The van der Waals surface area contributed by atoms with E-state index in [4.69, 9.17) is 0 Å². The Morgan fingerprint density at radius 2 is 2.28 bits per heavy atom. The summed E-state index contributed by atoms with van der Waals surface area (Å²) < 4.78 is 1.06. The van der Waals surface area contributed by atoms with Gasteiger partial charge in [0.15, 0.2) is 0 Å². The lowest BCUT2D eigenvalue weighted by Crippen LogP contribution is -2.24. The fourth-order valence-corrected chi connectivity index (χ4v) is 3.38. The van der Waals surface area contributed by atoms with Crippen LogP contribution in [0.1, 0.15) is 35.5 Å². The molecule has 0 aliphatic carbocycles.